The molecule has 3 heterocycles. The fourth-order valence-electron chi connectivity index (χ4n) is 4.01. The van der Waals surface area contributed by atoms with Crippen LogP contribution in [0.4, 0.5) is 10.6 Å². The third-order valence-electron chi connectivity index (χ3n) is 5.54. The number of nitrogens with one attached hydrogen (secondary N) is 1. The molecule has 1 N–H and O–H groups in total. The Morgan fingerprint density at radius 3 is 2.58 bits per heavy atom. The van der Waals surface area contributed by atoms with E-state index in [1.54, 1.807) is 0 Å². The van der Waals surface area contributed by atoms with E-state index in [1.807, 2.05) is 60.7 Å². The number of hydrogen-bond donors (Lipinski definition) is 1. The van der Waals surface area contributed by atoms with Gasteiger partial charge >= 0.3 is 6.03 Å². The molecule has 0 atom stereocenters. The molecule has 0 radical (unpaired) electrons. The van der Waals surface area contributed by atoms with Crippen molar-refractivity contribution in [1.82, 2.24) is 30.0 Å². The van der Waals surface area contributed by atoms with Gasteiger partial charge in [-0.15, -0.1) is 0 Å². The number of aryl methyl sites for hydroxylation is 2. The zero-order valence-electron chi connectivity index (χ0n) is 18.8. The van der Waals surface area contributed by atoms with Crippen LogP contribution in [-0.2, 0) is 6.42 Å². The second-order valence-corrected chi connectivity index (χ2v) is 8.28. The molecule has 0 unspecified atom stereocenters. The van der Waals surface area contributed by atoms with Crippen molar-refractivity contribution in [3.8, 4) is 5.69 Å². The van der Waals surface area contributed by atoms with Gasteiger partial charge in [-0.2, -0.15) is 5.10 Å². The highest BCUT2D eigenvalue weighted by atomic mass is 16.2. The van der Waals surface area contributed by atoms with Gasteiger partial charge in [-0.05, 0) is 39.3 Å². The number of hydrogen-bond acceptors (Lipinski definition) is 5. The summed E-state index contributed by atoms with van der Waals surface area (Å²) in [5.74, 6) is 1.73. The molecular formula is C23H31N7O. The summed E-state index contributed by atoms with van der Waals surface area (Å²) in [6.07, 6.45) is 1.64. The molecule has 2 amide bonds. The van der Waals surface area contributed by atoms with Crippen LogP contribution < -0.4 is 10.2 Å². The average Bonchev–Trinajstić information content (AvgIpc) is 2.94. The van der Waals surface area contributed by atoms with E-state index in [1.165, 1.54) is 0 Å². The molecule has 31 heavy (non-hydrogen) atoms. The van der Waals surface area contributed by atoms with Gasteiger partial charge in [0.15, 0.2) is 5.65 Å². The number of rotatable bonds is 4. The van der Waals surface area contributed by atoms with Crippen LogP contribution in [0.3, 0.4) is 0 Å². The Labute approximate surface area is 183 Å². The van der Waals surface area contributed by atoms with Crippen LogP contribution in [-0.4, -0.2) is 62.9 Å². The summed E-state index contributed by atoms with van der Waals surface area (Å²) in [7, 11) is 0. The molecule has 4 rings (SSSR count). The molecule has 1 saturated heterocycles. The maximum Gasteiger partial charge on any atom is 0.317 e. The molecule has 1 aromatic carbocycles. The average molecular weight is 422 g/mol. The van der Waals surface area contributed by atoms with E-state index < -0.39 is 0 Å². The number of para-hydroxylation sites is 1. The Morgan fingerprint density at radius 2 is 1.87 bits per heavy atom. The van der Waals surface area contributed by atoms with E-state index in [0.717, 1.165) is 66.5 Å². The molecular weight excluding hydrogens is 390 g/mol. The molecule has 164 valence electrons. The van der Waals surface area contributed by atoms with Crippen LogP contribution in [0.15, 0.2) is 30.3 Å². The number of fused-ring (bicyclic) bond motifs is 1. The lowest BCUT2D eigenvalue weighted by Crippen LogP contribution is -2.44. The zero-order chi connectivity index (χ0) is 22.0. The summed E-state index contributed by atoms with van der Waals surface area (Å²) < 4.78 is 1.91. The third-order valence-corrected chi connectivity index (χ3v) is 5.54. The monoisotopic (exact) mass is 421 g/mol. The quantitative estimate of drug-likeness (QED) is 0.699. The Hall–Kier alpha value is -3.16. The first-order valence-corrected chi connectivity index (χ1v) is 11.1. The van der Waals surface area contributed by atoms with Gasteiger partial charge in [0.25, 0.3) is 0 Å². The molecule has 1 fully saturated rings. The zero-order valence-corrected chi connectivity index (χ0v) is 18.8. The summed E-state index contributed by atoms with van der Waals surface area (Å²) in [5, 5.41) is 8.79. The van der Waals surface area contributed by atoms with Crippen molar-refractivity contribution in [2.24, 2.45) is 0 Å². The molecule has 8 nitrogen and oxygen atoms in total. The van der Waals surface area contributed by atoms with Gasteiger partial charge in [0.1, 0.15) is 11.6 Å². The van der Waals surface area contributed by atoms with Crippen LogP contribution in [0, 0.1) is 6.92 Å². The lowest BCUT2D eigenvalue weighted by atomic mass is 10.2. The molecule has 2 aromatic heterocycles. The molecule has 1 aliphatic heterocycles. The van der Waals surface area contributed by atoms with Gasteiger partial charge < -0.3 is 15.1 Å². The third kappa shape index (κ3) is 4.33. The Kier molecular flexibility index (Phi) is 6.06. The predicted molar refractivity (Wildman–Crippen MR) is 123 cm³/mol. The van der Waals surface area contributed by atoms with E-state index in [4.69, 9.17) is 15.1 Å². The summed E-state index contributed by atoms with van der Waals surface area (Å²) in [6.45, 7) is 11.0. The highest BCUT2D eigenvalue weighted by molar-refractivity contribution is 5.91. The number of nitrogens with zero attached hydrogens (tertiary/aromatic N) is 6. The smallest absolute Gasteiger partial charge is 0.317 e. The van der Waals surface area contributed by atoms with E-state index in [2.05, 4.69) is 17.1 Å². The fourth-order valence-corrected chi connectivity index (χ4v) is 4.01. The van der Waals surface area contributed by atoms with E-state index >= 15 is 0 Å². The predicted octanol–water partition coefficient (Wildman–Crippen LogP) is 3.32. The standard InChI is InChI=1S/C23H31N7O/c1-5-19-25-21(28-12-9-13-29(15-14-28)23(31)24-16(2)3)20-17(4)27-30(22(20)26-19)18-10-7-6-8-11-18/h6-8,10-11,16H,5,9,12-15H2,1-4H3,(H,24,31). The lowest BCUT2D eigenvalue weighted by Gasteiger charge is -2.24. The van der Waals surface area contributed by atoms with Crippen LogP contribution in [0.5, 0.6) is 0 Å². The maximum absolute atomic E-state index is 12.5. The molecule has 1 aliphatic rings. The summed E-state index contributed by atoms with van der Waals surface area (Å²) in [6, 6.07) is 10.2. The number of carbonyl (C=O) groups excluding carboxylic acids is 1. The highest BCUT2D eigenvalue weighted by Gasteiger charge is 2.25. The second-order valence-electron chi connectivity index (χ2n) is 8.28. The SMILES string of the molecule is CCc1nc(N2CCCN(C(=O)NC(C)C)CC2)c2c(C)nn(-c3ccccc3)c2n1. The molecule has 0 bridgehead atoms. The minimum absolute atomic E-state index is 0.00649. The minimum atomic E-state index is 0.00649. The van der Waals surface area contributed by atoms with Crippen molar-refractivity contribution in [2.75, 3.05) is 31.1 Å². The topological polar surface area (TPSA) is 79.2 Å². The van der Waals surface area contributed by atoms with Gasteiger partial charge in [-0.1, -0.05) is 25.1 Å². The number of carbonyl (C=O) groups is 1. The first-order chi connectivity index (χ1) is 15.0. The number of aromatic nitrogens is 4. The van der Waals surface area contributed by atoms with Crippen LogP contribution >= 0.6 is 0 Å². The first kappa shape index (κ1) is 21.1. The van der Waals surface area contributed by atoms with Gasteiger partial charge in [0.2, 0.25) is 0 Å². The Balaban J connectivity index is 1.71. The maximum atomic E-state index is 12.5. The number of amides is 2. The van der Waals surface area contributed by atoms with E-state index in [0.29, 0.717) is 6.54 Å². The van der Waals surface area contributed by atoms with Crippen LogP contribution in [0.1, 0.15) is 38.7 Å². The molecule has 3 aromatic rings. The van der Waals surface area contributed by atoms with Crippen LogP contribution in [0.25, 0.3) is 16.7 Å². The van der Waals surface area contributed by atoms with Crippen molar-refractivity contribution in [3.05, 3.63) is 41.9 Å². The lowest BCUT2D eigenvalue weighted by molar-refractivity contribution is 0.199. The van der Waals surface area contributed by atoms with E-state index in [9.17, 15) is 4.79 Å². The highest BCUT2D eigenvalue weighted by Crippen LogP contribution is 2.29. The van der Waals surface area contributed by atoms with Crippen LogP contribution in [0.2, 0.25) is 0 Å². The second kappa shape index (κ2) is 8.91. The largest absolute Gasteiger partial charge is 0.354 e. The molecule has 0 spiro atoms. The number of benzene rings is 1. The minimum Gasteiger partial charge on any atom is -0.354 e. The number of urea groups is 1. The van der Waals surface area contributed by atoms with Gasteiger partial charge in [0.05, 0.1) is 16.8 Å². The Bertz CT molecular complexity index is 1060. The number of anilines is 1. The van der Waals surface area contributed by atoms with Gasteiger partial charge in [-0.25, -0.2) is 19.4 Å². The molecule has 8 heteroatoms. The Morgan fingerprint density at radius 1 is 1.10 bits per heavy atom. The van der Waals surface area contributed by atoms with Crippen molar-refractivity contribution in [2.45, 2.75) is 46.6 Å². The summed E-state index contributed by atoms with van der Waals surface area (Å²) in [4.78, 5) is 26.4. The summed E-state index contributed by atoms with van der Waals surface area (Å²) >= 11 is 0. The van der Waals surface area contributed by atoms with Gasteiger partial charge in [-0.3, -0.25) is 0 Å². The molecule has 0 aliphatic carbocycles. The van der Waals surface area contributed by atoms with E-state index in [-0.39, 0.29) is 12.1 Å². The van der Waals surface area contributed by atoms with Crippen molar-refractivity contribution >= 4 is 22.9 Å². The summed E-state index contributed by atoms with van der Waals surface area (Å²) in [5.41, 5.74) is 2.74. The van der Waals surface area contributed by atoms with Gasteiger partial charge in [0, 0.05) is 38.6 Å². The fraction of sp³-hybridized carbons (Fsp3) is 0.478. The first-order valence-electron chi connectivity index (χ1n) is 11.1. The van der Waals surface area contributed by atoms with Crippen molar-refractivity contribution in [3.63, 3.8) is 0 Å². The molecule has 0 saturated carbocycles. The van der Waals surface area contributed by atoms with Crippen molar-refractivity contribution in [1.29, 1.82) is 0 Å². The normalized spacial score (nSPS) is 14.9. The van der Waals surface area contributed by atoms with Crippen molar-refractivity contribution < 1.29 is 4.79 Å².